The number of aliphatic hydroxyl groups is 1. The van der Waals surface area contributed by atoms with E-state index in [4.69, 9.17) is 9.84 Å². The molecule has 4 N–H and O–H groups in total. The Morgan fingerprint density at radius 2 is 1.90 bits per heavy atom. The number of aliphatic carboxylic acids is 1. The van der Waals surface area contributed by atoms with Gasteiger partial charge in [0.15, 0.2) is 0 Å². The van der Waals surface area contributed by atoms with Crippen molar-refractivity contribution in [3.8, 4) is 5.75 Å². The molecule has 0 bridgehead atoms. The van der Waals surface area contributed by atoms with Crippen molar-refractivity contribution in [2.24, 2.45) is 0 Å². The average Bonchev–Trinajstić information content (AvgIpc) is 2.44. The van der Waals surface area contributed by atoms with E-state index in [2.05, 4.69) is 10.6 Å². The van der Waals surface area contributed by atoms with Gasteiger partial charge in [-0.3, -0.25) is 9.59 Å². The number of rotatable bonds is 9. The number of hydrogen-bond acceptors (Lipinski definition) is 5. The average molecular weight is 282 g/mol. The third kappa shape index (κ3) is 7.34. The number of carboxylic acids is 1. The van der Waals surface area contributed by atoms with Gasteiger partial charge in [-0.05, 0) is 12.1 Å². The quantitative estimate of drug-likeness (QED) is 0.473. The van der Waals surface area contributed by atoms with Gasteiger partial charge in [0.1, 0.15) is 25.0 Å². The lowest BCUT2D eigenvalue weighted by atomic mass is 10.3. The molecule has 110 valence electrons. The summed E-state index contributed by atoms with van der Waals surface area (Å²) in [4.78, 5) is 21.4. The van der Waals surface area contributed by atoms with Crippen molar-refractivity contribution >= 4 is 11.9 Å². The molecule has 0 aromatic heterocycles. The fourth-order valence-electron chi connectivity index (χ4n) is 1.36. The Morgan fingerprint density at radius 1 is 1.20 bits per heavy atom. The molecule has 1 amide bonds. The van der Waals surface area contributed by atoms with Crippen LogP contribution in [-0.4, -0.2) is 54.4 Å². The molecule has 1 aromatic rings. The second-order valence-electron chi connectivity index (χ2n) is 4.08. The second-order valence-corrected chi connectivity index (χ2v) is 4.08. The van der Waals surface area contributed by atoms with Gasteiger partial charge in [0, 0.05) is 6.54 Å². The summed E-state index contributed by atoms with van der Waals surface area (Å²) < 4.78 is 5.34. The lowest BCUT2D eigenvalue weighted by Crippen LogP contribution is -2.40. The van der Waals surface area contributed by atoms with Crippen molar-refractivity contribution in [2.45, 2.75) is 6.10 Å². The van der Waals surface area contributed by atoms with Crippen LogP contribution in [0.15, 0.2) is 30.3 Å². The van der Waals surface area contributed by atoms with E-state index in [-0.39, 0.29) is 19.7 Å². The van der Waals surface area contributed by atoms with E-state index in [0.717, 1.165) is 0 Å². The molecule has 0 spiro atoms. The van der Waals surface area contributed by atoms with Crippen LogP contribution in [0.1, 0.15) is 0 Å². The summed E-state index contributed by atoms with van der Waals surface area (Å²) in [7, 11) is 0. The molecule has 1 rings (SSSR count). The molecule has 1 atom stereocenters. The van der Waals surface area contributed by atoms with E-state index in [1.54, 1.807) is 12.1 Å². The van der Waals surface area contributed by atoms with Crippen molar-refractivity contribution in [1.82, 2.24) is 10.6 Å². The highest BCUT2D eigenvalue weighted by molar-refractivity contribution is 5.82. The number of benzene rings is 1. The first kappa shape index (κ1) is 15.9. The fourth-order valence-corrected chi connectivity index (χ4v) is 1.36. The van der Waals surface area contributed by atoms with Crippen LogP contribution in [0.5, 0.6) is 5.75 Å². The second kappa shape index (κ2) is 8.89. The lowest BCUT2D eigenvalue weighted by Gasteiger charge is -2.13. The van der Waals surface area contributed by atoms with Crippen LogP contribution in [0.3, 0.4) is 0 Å². The highest BCUT2D eigenvalue weighted by atomic mass is 16.5. The van der Waals surface area contributed by atoms with Crippen molar-refractivity contribution < 1.29 is 24.5 Å². The van der Waals surface area contributed by atoms with Gasteiger partial charge in [0.25, 0.3) is 0 Å². The molecule has 1 unspecified atom stereocenters. The third-order valence-corrected chi connectivity index (χ3v) is 2.29. The van der Waals surface area contributed by atoms with Crippen LogP contribution in [0, 0.1) is 0 Å². The Bertz CT molecular complexity index is 424. The zero-order chi connectivity index (χ0) is 14.8. The minimum Gasteiger partial charge on any atom is -0.491 e. The minimum absolute atomic E-state index is 0.0598. The summed E-state index contributed by atoms with van der Waals surface area (Å²) in [5.74, 6) is -0.885. The highest BCUT2D eigenvalue weighted by Crippen LogP contribution is 2.08. The minimum atomic E-state index is -1.10. The van der Waals surface area contributed by atoms with Crippen LogP contribution in [0.4, 0.5) is 0 Å². The van der Waals surface area contributed by atoms with Crippen molar-refractivity contribution in [3.05, 3.63) is 30.3 Å². The summed E-state index contributed by atoms with van der Waals surface area (Å²) in [6, 6.07) is 9.07. The van der Waals surface area contributed by atoms with E-state index < -0.39 is 24.5 Å². The molecule has 7 nitrogen and oxygen atoms in total. The van der Waals surface area contributed by atoms with Crippen LogP contribution >= 0.6 is 0 Å². The number of amides is 1. The SMILES string of the molecule is O=C(O)CNC(=O)CNCC(O)COc1ccccc1. The van der Waals surface area contributed by atoms with E-state index in [1.165, 1.54) is 0 Å². The van der Waals surface area contributed by atoms with Gasteiger partial charge in [-0.15, -0.1) is 0 Å². The zero-order valence-corrected chi connectivity index (χ0v) is 10.9. The van der Waals surface area contributed by atoms with E-state index in [0.29, 0.717) is 5.75 Å². The zero-order valence-electron chi connectivity index (χ0n) is 10.9. The molecule has 0 radical (unpaired) electrons. The Kier molecular flexibility index (Phi) is 7.08. The van der Waals surface area contributed by atoms with Crippen molar-refractivity contribution in [1.29, 1.82) is 0 Å². The monoisotopic (exact) mass is 282 g/mol. The van der Waals surface area contributed by atoms with Crippen LogP contribution < -0.4 is 15.4 Å². The van der Waals surface area contributed by atoms with E-state index >= 15 is 0 Å². The normalized spacial score (nSPS) is 11.7. The molecule has 0 aliphatic rings. The smallest absolute Gasteiger partial charge is 0.322 e. The Balaban J connectivity index is 2.09. The Labute approximate surface area is 116 Å². The summed E-state index contributed by atoms with van der Waals surface area (Å²) >= 11 is 0. The van der Waals surface area contributed by atoms with Crippen LogP contribution in [0.2, 0.25) is 0 Å². The van der Waals surface area contributed by atoms with Crippen molar-refractivity contribution in [2.75, 3.05) is 26.2 Å². The molecular weight excluding hydrogens is 264 g/mol. The first-order valence-corrected chi connectivity index (χ1v) is 6.13. The maximum Gasteiger partial charge on any atom is 0.322 e. The van der Waals surface area contributed by atoms with E-state index in [9.17, 15) is 14.7 Å². The van der Waals surface area contributed by atoms with Gasteiger partial charge in [0.05, 0.1) is 6.54 Å². The number of para-hydroxylation sites is 1. The number of carboxylic acid groups (broad SMARTS) is 1. The van der Waals surface area contributed by atoms with Gasteiger partial charge >= 0.3 is 5.97 Å². The summed E-state index contributed by atoms with van der Waals surface area (Å²) in [5, 5.41) is 22.9. The number of nitrogens with one attached hydrogen (secondary N) is 2. The molecule has 0 heterocycles. The van der Waals surface area contributed by atoms with Gasteiger partial charge < -0.3 is 25.6 Å². The Hall–Kier alpha value is -2.12. The molecule has 0 aliphatic heterocycles. The molecular formula is C13H18N2O5. The number of carbonyl (C=O) groups excluding carboxylic acids is 1. The number of carbonyl (C=O) groups is 2. The highest BCUT2D eigenvalue weighted by Gasteiger charge is 2.07. The maximum atomic E-state index is 11.2. The lowest BCUT2D eigenvalue weighted by molar-refractivity contribution is -0.137. The topological polar surface area (TPSA) is 108 Å². The van der Waals surface area contributed by atoms with Crippen molar-refractivity contribution in [3.63, 3.8) is 0 Å². The molecule has 1 aromatic carbocycles. The maximum absolute atomic E-state index is 11.2. The largest absolute Gasteiger partial charge is 0.491 e. The first-order valence-electron chi connectivity index (χ1n) is 6.13. The summed E-state index contributed by atoms with van der Waals surface area (Å²) in [5.41, 5.74) is 0. The first-order chi connectivity index (χ1) is 9.58. The molecule has 0 saturated carbocycles. The Morgan fingerprint density at radius 3 is 2.55 bits per heavy atom. The molecule has 7 heteroatoms. The summed E-state index contributed by atoms with van der Waals surface area (Å²) in [6.07, 6.45) is -0.762. The van der Waals surface area contributed by atoms with Gasteiger partial charge in [0.2, 0.25) is 5.91 Å². The predicted octanol–water partition coefficient (Wildman–Crippen LogP) is -0.783. The van der Waals surface area contributed by atoms with Crippen LogP contribution in [-0.2, 0) is 9.59 Å². The predicted molar refractivity (Wildman–Crippen MR) is 71.5 cm³/mol. The molecule has 0 fully saturated rings. The molecule has 0 saturated heterocycles. The third-order valence-electron chi connectivity index (χ3n) is 2.29. The number of aliphatic hydroxyl groups excluding tert-OH is 1. The molecule has 20 heavy (non-hydrogen) atoms. The number of hydrogen-bond donors (Lipinski definition) is 4. The standard InChI is InChI=1S/C13H18N2O5/c16-10(9-20-11-4-2-1-3-5-11)6-14-7-12(17)15-8-13(18)19/h1-5,10,14,16H,6-9H2,(H,15,17)(H,18,19). The van der Waals surface area contributed by atoms with Gasteiger partial charge in [-0.25, -0.2) is 0 Å². The fraction of sp³-hybridized carbons (Fsp3) is 0.385. The number of ether oxygens (including phenoxy) is 1. The van der Waals surface area contributed by atoms with E-state index in [1.807, 2.05) is 18.2 Å². The van der Waals surface area contributed by atoms with Crippen LogP contribution in [0.25, 0.3) is 0 Å². The van der Waals surface area contributed by atoms with Gasteiger partial charge in [-0.1, -0.05) is 18.2 Å². The van der Waals surface area contributed by atoms with Gasteiger partial charge in [-0.2, -0.15) is 0 Å². The summed E-state index contributed by atoms with van der Waals surface area (Å²) in [6.45, 7) is -0.197. The molecule has 0 aliphatic carbocycles.